The van der Waals surface area contributed by atoms with Crippen molar-refractivity contribution in [1.29, 1.82) is 0 Å². The highest BCUT2D eigenvalue weighted by Crippen LogP contribution is 2.44. The minimum absolute atomic E-state index is 0.0626. The number of fused-ring (bicyclic) bond motifs is 3. The smallest absolute Gasteiger partial charge is 0.247 e. The molecule has 1 aliphatic heterocycles. The van der Waals surface area contributed by atoms with Gasteiger partial charge in [-0.25, -0.2) is 0 Å². The molecule has 0 saturated heterocycles. The second kappa shape index (κ2) is 10.1. The predicted octanol–water partition coefficient (Wildman–Crippen LogP) is 6.47. The summed E-state index contributed by atoms with van der Waals surface area (Å²) in [6.45, 7) is 8.23. The predicted molar refractivity (Wildman–Crippen MR) is 133 cm³/mol. The number of hydrogen-bond acceptors (Lipinski definition) is 6. The first-order valence-corrected chi connectivity index (χ1v) is 12.5. The fraction of sp³-hybridized carbons (Fsp3) is 0.360. The third-order valence-corrected chi connectivity index (χ3v) is 6.54. The summed E-state index contributed by atoms with van der Waals surface area (Å²) in [7, 11) is 0. The van der Waals surface area contributed by atoms with Crippen LogP contribution in [0.4, 0.5) is 5.69 Å². The number of ether oxygens (including phenoxy) is 1. The molecule has 1 aromatic heterocycles. The van der Waals surface area contributed by atoms with Crippen molar-refractivity contribution in [2.75, 3.05) is 10.7 Å². The van der Waals surface area contributed by atoms with Gasteiger partial charge in [0, 0.05) is 28.3 Å². The third kappa shape index (κ3) is 5.14. The van der Waals surface area contributed by atoms with Crippen molar-refractivity contribution in [1.82, 2.24) is 15.2 Å². The van der Waals surface area contributed by atoms with Crippen molar-refractivity contribution < 1.29 is 9.53 Å². The Hall–Kier alpha value is -2.64. The normalized spacial score (nSPS) is 15.0. The number of amides is 1. The Balaban J connectivity index is 1.85. The van der Waals surface area contributed by atoms with Gasteiger partial charge in [0.1, 0.15) is 0 Å². The number of rotatable bonds is 6. The number of anilines is 1. The highest BCUT2D eigenvalue weighted by molar-refractivity contribution is 7.99. The Morgan fingerprint density at radius 1 is 1.18 bits per heavy atom. The minimum atomic E-state index is -0.706. The van der Waals surface area contributed by atoms with Gasteiger partial charge in [-0.2, -0.15) is 4.98 Å². The molecule has 0 fully saturated rings. The van der Waals surface area contributed by atoms with Gasteiger partial charge in [0.2, 0.25) is 23.2 Å². The number of carbonyl (C=O) groups is 1. The van der Waals surface area contributed by atoms with Crippen LogP contribution in [0.3, 0.4) is 0 Å². The zero-order valence-electron chi connectivity index (χ0n) is 19.2. The largest absolute Gasteiger partial charge is 0.447 e. The molecule has 1 aliphatic rings. The van der Waals surface area contributed by atoms with E-state index in [2.05, 4.69) is 24.0 Å². The van der Waals surface area contributed by atoms with Gasteiger partial charge in [-0.1, -0.05) is 67.9 Å². The highest BCUT2D eigenvalue weighted by atomic mass is 35.5. The number of aromatic nitrogens is 3. The minimum Gasteiger partial charge on any atom is -0.447 e. The van der Waals surface area contributed by atoms with Gasteiger partial charge in [0.05, 0.1) is 5.69 Å². The lowest BCUT2D eigenvalue weighted by Gasteiger charge is -2.30. The first kappa shape index (κ1) is 23.5. The summed E-state index contributed by atoms with van der Waals surface area (Å²) in [6.07, 6.45) is 0.676. The fourth-order valence-electron chi connectivity index (χ4n) is 3.61. The maximum atomic E-state index is 13.2. The van der Waals surface area contributed by atoms with E-state index >= 15 is 0 Å². The SMILES string of the molecule is CCC(=O)N1c2ccc(C)cc2-c2nnc(SCCC(C)C)nc2O[C@@H]1c1ccc(Cl)cc1. The van der Waals surface area contributed by atoms with Gasteiger partial charge in [-0.15, -0.1) is 10.2 Å². The van der Waals surface area contributed by atoms with Crippen molar-refractivity contribution in [2.45, 2.75) is 51.9 Å². The molecule has 1 amide bonds. The van der Waals surface area contributed by atoms with Crippen molar-refractivity contribution in [3.8, 4) is 17.1 Å². The van der Waals surface area contributed by atoms with E-state index in [1.807, 2.05) is 44.2 Å². The average Bonchev–Trinajstić information content (AvgIpc) is 2.93. The summed E-state index contributed by atoms with van der Waals surface area (Å²) in [4.78, 5) is 19.6. The van der Waals surface area contributed by atoms with E-state index < -0.39 is 6.23 Å². The number of carbonyl (C=O) groups excluding carboxylic acids is 1. The topological polar surface area (TPSA) is 68.2 Å². The molecule has 6 nitrogen and oxygen atoms in total. The summed E-state index contributed by atoms with van der Waals surface area (Å²) < 4.78 is 6.44. The molecule has 2 heterocycles. The van der Waals surface area contributed by atoms with Gasteiger partial charge >= 0.3 is 0 Å². The molecule has 8 heteroatoms. The van der Waals surface area contributed by atoms with Crippen LogP contribution in [-0.2, 0) is 4.79 Å². The van der Waals surface area contributed by atoms with Crippen LogP contribution in [0.25, 0.3) is 11.3 Å². The standard InChI is InChI=1S/C25H27ClN4O2S/c1-5-21(31)30-20-11-6-16(4)14-19(20)22-23(27-25(29-28-22)33-13-12-15(2)3)32-24(30)17-7-9-18(26)10-8-17/h6-11,14-15,24H,5,12-13H2,1-4H3/t24-/m1/s1. The monoisotopic (exact) mass is 482 g/mol. The molecule has 2 aromatic carbocycles. The number of nitrogens with zero attached hydrogens (tertiary/aromatic N) is 4. The van der Waals surface area contributed by atoms with E-state index in [1.54, 1.807) is 28.8 Å². The summed E-state index contributed by atoms with van der Waals surface area (Å²) in [5.74, 6) is 1.80. The van der Waals surface area contributed by atoms with Crippen molar-refractivity contribution in [2.24, 2.45) is 5.92 Å². The average molecular weight is 483 g/mol. The molecule has 0 unspecified atom stereocenters. The lowest BCUT2D eigenvalue weighted by Crippen LogP contribution is -2.37. The Morgan fingerprint density at radius 3 is 2.64 bits per heavy atom. The van der Waals surface area contributed by atoms with Gasteiger partial charge in [0.15, 0.2) is 5.69 Å². The molecular weight excluding hydrogens is 456 g/mol. The van der Waals surface area contributed by atoms with Crippen LogP contribution >= 0.6 is 23.4 Å². The molecule has 0 aliphatic carbocycles. The molecule has 3 aromatic rings. The van der Waals surface area contributed by atoms with Gasteiger partial charge in [0.25, 0.3) is 0 Å². The van der Waals surface area contributed by atoms with Crippen molar-refractivity contribution >= 4 is 35.0 Å². The van der Waals surface area contributed by atoms with Crippen LogP contribution in [0.5, 0.6) is 5.88 Å². The van der Waals surface area contributed by atoms with E-state index in [-0.39, 0.29) is 5.91 Å². The zero-order valence-corrected chi connectivity index (χ0v) is 20.8. The molecule has 0 bridgehead atoms. The van der Waals surface area contributed by atoms with Crippen LogP contribution in [0, 0.1) is 12.8 Å². The van der Waals surface area contributed by atoms with Gasteiger partial charge in [-0.3, -0.25) is 9.69 Å². The maximum absolute atomic E-state index is 13.2. The van der Waals surface area contributed by atoms with Gasteiger partial charge in [-0.05, 0) is 43.5 Å². The second-order valence-electron chi connectivity index (χ2n) is 8.44. The van der Waals surface area contributed by atoms with Gasteiger partial charge < -0.3 is 4.74 Å². The van der Waals surface area contributed by atoms with Crippen LogP contribution < -0.4 is 9.64 Å². The first-order chi connectivity index (χ1) is 15.9. The third-order valence-electron chi connectivity index (χ3n) is 5.41. The maximum Gasteiger partial charge on any atom is 0.247 e. The van der Waals surface area contributed by atoms with Crippen LogP contribution in [-0.4, -0.2) is 26.8 Å². The highest BCUT2D eigenvalue weighted by Gasteiger charge is 2.35. The molecular formula is C25H27ClN4O2S. The molecule has 33 heavy (non-hydrogen) atoms. The van der Waals surface area contributed by atoms with Crippen molar-refractivity contribution in [3.05, 3.63) is 58.6 Å². The Kier molecular flexibility index (Phi) is 7.20. The fourth-order valence-corrected chi connectivity index (χ4v) is 4.75. The first-order valence-electron chi connectivity index (χ1n) is 11.1. The lowest BCUT2D eigenvalue weighted by atomic mass is 10.0. The van der Waals surface area contributed by atoms with Crippen molar-refractivity contribution in [3.63, 3.8) is 0 Å². The van der Waals surface area contributed by atoms with Crippen LogP contribution in [0.2, 0.25) is 5.02 Å². The number of hydrogen-bond donors (Lipinski definition) is 0. The number of benzene rings is 2. The lowest BCUT2D eigenvalue weighted by molar-refractivity contribution is -0.120. The van der Waals surface area contributed by atoms with E-state index in [4.69, 9.17) is 21.3 Å². The second-order valence-corrected chi connectivity index (χ2v) is 9.94. The summed E-state index contributed by atoms with van der Waals surface area (Å²) in [5, 5.41) is 10.0. The van der Waals surface area contributed by atoms with Crippen LogP contribution in [0.1, 0.15) is 51.0 Å². The summed E-state index contributed by atoms with van der Waals surface area (Å²) in [6, 6.07) is 13.2. The molecule has 1 atom stereocenters. The molecule has 0 radical (unpaired) electrons. The Labute approximate surface area is 203 Å². The molecule has 172 valence electrons. The number of halogens is 1. The quantitative estimate of drug-likeness (QED) is 0.375. The van der Waals surface area contributed by atoms with E-state index in [9.17, 15) is 4.79 Å². The molecule has 0 spiro atoms. The van der Waals surface area contributed by atoms with E-state index in [1.165, 1.54) is 0 Å². The Bertz CT molecular complexity index is 1150. The molecule has 4 rings (SSSR count). The van der Waals surface area contributed by atoms with Crippen LogP contribution in [0.15, 0.2) is 47.6 Å². The molecule has 0 saturated carbocycles. The number of thioether (sulfide) groups is 1. The number of aryl methyl sites for hydroxylation is 1. The molecule has 0 N–H and O–H groups in total. The van der Waals surface area contributed by atoms with E-state index in [0.29, 0.717) is 34.1 Å². The Morgan fingerprint density at radius 2 is 1.94 bits per heavy atom. The van der Waals surface area contributed by atoms with E-state index in [0.717, 1.165) is 34.6 Å². The summed E-state index contributed by atoms with van der Waals surface area (Å²) >= 11 is 7.69. The zero-order chi connectivity index (χ0) is 23.5. The summed E-state index contributed by atoms with van der Waals surface area (Å²) in [5.41, 5.74) is 3.88.